The Morgan fingerprint density at radius 2 is 1.92 bits per heavy atom. The molecule has 26 heavy (non-hydrogen) atoms. The summed E-state index contributed by atoms with van der Waals surface area (Å²) in [5.74, 6) is -0.963. The Labute approximate surface area is 154 Å². The molecule has 0 spiro atoms. The Hall–Kier alpha value is -1.67. The average Bonchev–Trinajstić information content (AvgIpc) is 2.88. The zero-order chi connectivity index (χ0) is 19.2. The van der Waals surface area contributed by atoms with Gasteiger partial charge in [0.05, 0.1) is 13.7 Å². The second-order valence-electron chi connectivity index (χ2n) is 6.48. The molecule has 0 unspecified atom stereocenters. The third-order valence-electron chi connectivity index (χ3n) is 4.64. The number of nitrogens with one attached hydrogen (secondary N) is 1. The van der Waals surface area contributed by atoms with E-state index in [0.29, 0.717) is 0 Å². The van der Waals surface area contributed by atoms with Crippen LogP contribution in [0, 0.1) is 5.82 Å². The van der Waals surface area contributed by atoms with Gasteiger partial charge in [-0.1, -0.05) is 32.6 Å². The van der Waals surface area contributed by atoms with Crippen molar-refractivity contribution in [2.45, 2.75) is 56.4 Å². The number of nitrogens with zero attached hydrogens (tertiary/aromatic N) is 1. The number of hydrogen-bond donors (Lipinski definition) is 1. The fourth-order valence-electron chi connectivity index (χ4n) is 3.22. The van der Waals surface area contributed by atoms with E-state index in [1.165, 1.54) is 26.0 Å². The van der Waals surface area contributed by atoms with Gasteiger partial charge >= 0.3 is 0 Å². The quantitative estimate of drug-likeness (QED) is 0.731. The van der Waals surface area contributed by atoms with Crippen LogP contribution in [0.2, 0.25) is 0 Å². The zero-order valence-corrected chi connectivity index (χ0v) is 16.1. The van der Waals surface area contributed by atoms with E-state index < -0.39 is 15.8 Å². The first-order valence-electron chi connectivity index (χ1n) is 9.01. The number of amides is 1. The van der Waals surface area contributed by atoms with E-state index in [0.717, 1.165) is 42.1 Å². The van der Waals surface area contributed by atoms with Gasteiger partial charge in [-0.05, 0) is 31.0 Å². The number of halogens is 1. The Kier molecular flexibility index (Phi) is 7.40. The van der Waals surface area contributed by atoms with Crippen LogP contribution in [0.15, 0.2) is 23.1 Å². The van der Waals surface area contributed by atoms with Crippen molar-refractivity contribution in [3.8, 4) is 5.75 Å². The SMILES string of the molecule is CCN(CC(=O)NC1CCCCCC1)S(=O)(=O)c1cc(F)ccc1OC. The highest BCUT2D eigenvalue weighted by Gasteiger charge is 2.29. The maximum atomic E-state index is 13.6. The van der Waals surface area contributed by atoms with Crippen LogP contribution in [0.3, 0.4) is 0 Å². The lowest BCUT2D eigenvalue weighted by atomic mass is 10.1. The molecule has 1 fully saturated rings. The number of hydrogen-bond acceptors (Lipinski definition) is 4. The first kappa shape index (κ1) is 20.6. The van der Waals surface area contributed by atoms with Gasteiger partial charge in [0.2, 0.25) is 15.9 Å². The molecule has 2 rings (SSSR count). The summed E-state index contributed by atoms with van der Waals surface area (Å²) in [7, 11) is -2.73. The van der Waals surface area contributed by atoms with E-state index in [-0.39, 0.29) is 35.7 Å². The minimum Gasteiger partial charge on any atom is -0.495 e. The van der Waals surface area contributed by atoms with Crippen LogP contribution in [0.5, 0.6) is 5.75 Å². The van der Waals surface area contributed by atoms with Crippen molar-refractivity contribution >= 4 is 15.9 Å². The molecule has 0 radical (unpaired) electrons. The number of benzene rings is 1. The van der Waals surface area contributed by atoms with E-state index >= 15 is 0 Å². The molecule has 0 atom stereocenters. The van der Waals surface area contributed by atoms with Gasteiger partial charge in [-0.2, -0.15) is 4.31 Å². The predicted octanol–water partition coefficient (Wildman–Crippen LogP) is 2.68. The molecule has 0 heterocycles. The molecule has 6 nitrogen and oxygen atoms in total. The molecular formula is C18H27FN2O4S. The molecule has 0 bridgehead atoms. The highest BCUT2D eigenvalue weighted by molar-refractivity contribution is 7.89. The largest absolute Gasteiger partial charge is 0.495 e. The van der Waals surface area contributed by atoms with Crippen molar-refractivity contribution in [3.63, 3.8) is 0 Å². The van der Waals surface area contributed by atoms with Gasteiger partial charge in [0.15, 0.2) is 0 Å². The van der Waals surface area contributed by atoms with E-state index in [2.05, 4.69) is 5.32 Å². The minimum absolute atomic E-state index is 0.0500. The van der Waals surface area contributed by atoms with Crippen molar-refractivity contribution in [3.05, 3.63) is 24.0 Å². The Morgan fingerprint density at radius 1 is 1.27 bits per heavy atom. The number of sulfonamides is 1. The third kappa shape index (κ3) is 5.17. The molecule has 1 amide bonds. The molecule has 1 aliphatic carbocycles. The van der Waals surface area contributed by atoms with Crippen LogP contribution < -0.4 is 10.1 Å². The molecule has 0 aliphatic heterocycles. The topological polar surface area (TPSA) is 75.7 Å². The Morgan fingerprint density at radius 3 is 2.50 bits per heavy atom. The Bertz CT molecular complexity index is 716. The standard InChI is InChI=1S/C18H27FN2O4S/c1-3-21(13-18(22)20-15-8-6-4-5-7-9-15)26(23,24)17-12-14(19)10-11-16(17)25-2/h10-12,15H,3-9,13H2,1-2H3,(H,20,22). The van der Waals surface area contributed by atoms with Crippen LogP contribution in [0.1, 0.15) is 45.4 Å². The second kappa shape index (κ2) is 9.32. The molecule has 1 N–H and O–H groups in total. The van der Waals surface area contributed by atoms with Gasteiger partial charge in [-0.25, -0.2) is 12.8 Å². The normalized spacial score (nSPS) is 16.3. The summed E-state index contributed by atoms with van der Waals surface area (Å²) in [4.78, 5) is 12.1. The Balaban J connectivity index is 2.13. The summed E-state index contributed by atoms with van der Waals surface area (Å²) in [5, 5.41) is 2.94. The van der Waals surface area contributed by atoms with Crippen molar-refractivity contribution in [2.24, 2.45) is 0 Å². The van der Waals surface area contributed by atoms with Crippen LogP contribution in [-0.2, 0) is 14.8 Å². The number of rotatable bonds is 7. The van der Waals surface area contributed by atoms with E-state index in [4.69, 9.17) is 4.74 Å². The molecule has 146 valence electrons. The highest BCUT2D eigenvalue weighted by atomic mass is 32.2. The molecule has 1 aliphatic rings. The summed E-state index contributed by atoms with van der Waals surface area (Å²) in [6.07, 6.45) is 6.32. The molecule has 1 saturated carbocycles. The number of carbonyl (C=O) groups is 1. The van der Waals surface area contributed by atoms with Gasteiger partial charge < -0.3 is 10.1 Å². The maximum absolute atomic E-state index is 13.6. The molecular weight excluding hydrogens is 359 g/mol. The monoisotopic (exact) mass is 386 g/mol. The van der Waals surface area contributed by atoms with Gasteiger partial charge in [0.25, 0.3) is 0 Å². The van der Waals surface area contributed by atoms with Gasteiger partial charge in [0.1, 0.15) is 16.5 Å². The summed E-state index contributed by atoms with van der Waals surface area (Å²) in [6.45, 7) is 1.44. The van der Waals surface area contributed by atoms with E-state index in [9.17, 15) is 17.6 Å². The number of carbonyl (C=O) groups excluding carboxylic acids is 1. The number of ether oxygens (including phenoxy) is 1. The van der Waals surface area contributed by atoms with E-state index in [1.807, 2.05) is 0 Å². The smallest absolute Gasteiger partial charge is 0.247 e. The summed E-state index contributed by atoms with van der Waals surface area (Å²) in [5.41, 5.74) is 0. The summed E-state index contributed by atoms with van der Waals surface area (Å²) < 4.78 is 45.4. The fourth-order valence-corrected chi connectivity index (χ4v) is 4.79. The van der Waals surface area contributed by atoms with Gasteiger partial charge in [0, 0.05) is 12.6 Å². The molecule has 0 aromatic heterocycles. The van der Waals surface area contributed by atoms with Crippen molar-refractivity contribution < 1.29 is 22.3 Å². The fraction of sp³-hybridized carbons (Fsp3) is 0.611. The van der Waals surface area contributed by atoms with Crippen molar-refractivity contribution in [2.75, 3.05) is 20.2 Å². The molecule has 8 heteroatoms. The lowest BCUT2D eigenvalue weighted by molar-refractivity contribution is -0.122. The average molecular weight is 386 g/mol. The maximum Gasteiger partial charge on any atom is 0.247 e. The predicted molar refractivity (Wildman–Crippen MR) is 97.0 cm³/mol. The first-order chi connectivity index (χ1) is 12.4. The third-order valence-corrected chi connectivity index (χ3v) is 6.58. The van der Waals surface area contributed by atoms with Crippen LogP contribution in [-0.4, -0.2) is 44.9 Å². The molecule has 1 aromatic carbocycles. The molecule has 1 aromatic rings. The summed E-state index contributed by atoms with van der Waals surface area (Å²) >= 11 is 0. The minimum atomic E-state index is -4.05. The highest BCUT2D eigenvalue weighted by Crippen LogP contribution is 2.27. The number of likely N-dealkylation sites (N-methyl/N-ethyl adjacent to an activating group) is 1. The zero-order valence-electron chi connectivity index (χ0n) is 15.3. The second-order valence-corrected chi connectivity index (χ2v) is 8.39. The van der Waals surface area contributed by atoms with Crippen molar-refractivity contribution in [1.82, 2.24) is 9.62 Å². The molecule has 0 saturated heterocycles. The van der Waals surface area contributed by atoms with E-state index in [1.54, 1.807) is 6.92 Å². The van der Waals surface area contributed by atoms with Gasteiger partial charge in [-0.3, -0.25) is 4.79 Å². The summed E-state index contributed by atoms with van der Waals surface area (Å²) in [6, 6.07) is 3.41. The van der Waals surface area contributed by atoms with Crippen LogP contribution in [0.25, 0.3) is 0 Å². The lowest BCUT2D eigenvalue weighted by Gasteiger charge is -2.23. The number of methoxy groups -OCH3 is 1. The first-order valence-corrected chi connectivity index (χ1v) is 10.5. The van der Waals surface area contributed by atoms with Gasteiger partial charge in [-0.15, -0.1) is 0 Å². The van der Waals surface area contributed by atoms with Crippen LogP contribution in [0.4, 0.5) is 4.39 Å². The van der Waals surface area contributed by atoms with Crippen LogP contribution >= 0.6 is 0 Å². The lowest BCUT2D eigenvalue weighted by Crippen LogP contribution is -2.44. The van der Waals surface area contributed by atoms with Crippen molar-refractivity contribution in [1.29, 1.82) is 0 Å².